The highest BCUT2D eigenvalue weighted by molar-refractivity contribution is 7.91. The van der Waals surface area contributed by atoms with Crippen molar-refractivity contribution in [3.8, 4) is 0 Å². The molecule has 3 rings (SSSR count). The van der Waals surface area contributed by atoms with Gasteiger partial charge in [-0.05, 0) is 37.8 Å². The van der Waals surface area contributed by atoms with Crippen LogP contribution in [0.2, 0.25) is 0 Å². The first-order valence-electron chi connectivity index (χ1n) is 7.45. The number of fused-ring (bicyclic) bond motifs is 2. The summed E-state index contributed by atoms with van der Waals surface area (Å²) in [4.78, 5) is 11.8. The molecular weight excluding hydrogens is 324 g/mol. The van der Waals surface area contributed by atoms with Crippen molar-refractivity contribution in [3.63, 3.8) is 0 Å². The Morgan fingerprint density at radius 3 is 2.86 bits per heavy atom. The van der Waals surface area contributed by atoms with Crippen molar-refractivity contribution in [2.75, 3.05) is 6.54 Å². The van der Waals surface area contributed by atoms with Gasteiger partial charge in [0, 0.05) is 18.3 Å². The Hall–Kier alpha value is -0.960. The molecule has 3 atom stereocenters. The fourth-order valence-corrected chi connectivity index (χ4v) is 5.67. The first kappa shape index (κ1) is 15.9. The van der Waals surface area contributed by atoms with E-state index in [9.17, 15) is 13.2 Å². The lowest BCUT2D eigenvalue weighted by Gasteiger charge is -2.19. The summed E-state index contributed by atoms with van der Waals surface area (Å²) in [6.07, 6.45) is 3.62. The summed E-state index contributed by atoms with van der Waals surface area (Å²) in [5.41, 5.74) is 0. The van der Waals surface area contributed by atoms with Gasteiger partial charge in [0.1, 0.15) is 4.21 Å². The number of nitrogens with one attached hydrogen (secondary N) is 2. The van der Waals surface area contributed by atoms with Gasteiger partial charge >= 0.3 is 0 Å². The molecule has 0 aromatic carbocycles. The van der Waals surface area contributed by atoms with Crippen molar-refractivity contribution >= 4 is 27.3 Å². The Labute approximate surface area is 134 Å². The first-order valence-corrected chi connectivity index (χ1v) is 9.75. The number of ether oxygens (including phenoxy) is 1. The number of sulfonamides is 1. The Bertz CT molecular complexity index is 656. The Morgan fingerprint density at radius 1 is 1.41 bits per heavy atom. The van der Waals surface area contributed by atoms with Crippen LogP contribution in [0.3, 0.4) is 0 Å². The van der Waals surface area contributed by atoms with E-state index >= 15 is 0 Å². The molecule has 1 aromatic heterocycles. The van der Waals surface area contributed by atoms with Gasteiger partial charge < -0.3 is 10.1 Å². The normalized spacial score (nSPS) is 27.2. The van der Waals surface area contributed by atoms with Crippen molar-refractivity contribution in [1.82, 2.24) is 10.0 Å². The van der Waals surface area contributed by atoms with Crippen LogP contribution in [0.25, 0.3) is 0 Å². The third-order valence-corrected chi connectivity index (χ3v) is 7.19. The van der Waals surface area contributed by atoms with E-state index in [1.807, 2.05) is 0 Å². The van der Waals surface area contributed by atoms with E-state index in [2.05, 4.69) is 10.0 Å². The summed E-state index contributed by atoms with van der Waals surface area (Å²) in [6.45, 7) is 1.98. The van der Waals surface area contributed by atoms with Crippen molar-refractivity contribution < 1.29 is 17.9 Å². The van der Waals surface area contributed by atoms with E-state index in [0.29, 0.717) is 17.2 Å². The zero-order chi connectivity index (χ0) is 15.7. The number of hydrogen-bond donors (Lipinski definition) is 2. The van der Waals surface area contributed by atoms with Gasteiger partial charge in [-0.2, -0.15) is 0 Å². The molecule has 0 radical (unpaired) electrons. The van der Waals surface area contributed by atoms with Crippen molar-refractivity contribution in [3.05, 3.63) is 17.0 Å². The highest BCUT2D eigenvalue weighted by Crippen LogP contribution is 2.35. The van der Waals surface area contributed by atoms with E-state index in [1.165, 1.54) is 18.3 Å². The quantitative estimate of drug-likeness (QED) is 0.807. The molecule has 1 amide bonds. The average Bonchev–Trinajstić information content (AvgIpc) is 3.12. The maximum absolute atomic E-state index is 12.4. The second kappa shape index (κ2) is 6.27. The van der Waals surface area contributed by atoms with Gasteiger partial charge in [0.25, 0.3) is 0 Å². The van der Waals surface area contributed by atoms with E-state index in [-0.39, 0.29) is 24.2 Å². The van der Waals surface area contributed by atoms with Gasteiger partial charge in [0.15, 0.2) is 0 Å². The third-order valence-electron chi connectivity index (χ3n) is 4.06. The number of carbonyl (C=O) groups is 1. The number of carbonyl (C=O) groups excluding carboxylic acids is 1. The van der Waals surface area contributed by atoms with Crippen LogP contribution < -0.4 is 10.0 Å². The van der Waals surface area contributed by atoms with E-state index < -0.39 is 10.0 Å². The lowest BCUT2D eigenvalue weighted by atomic mass is 9.96. The summed E-state index contributed by atoms with van der Waals surface area (Å²) in [7, 11) is -3.49. The van der Waals surface area contributed by atoms with Gasteiger partial charge in [0.05, 0.1) is 18.2 Å². The van der Waals surface area contributed by atoms with Crippen LogP contribution in [0.1, 0.15) is 31.1 Å². The molecule has 122 valence electrons. The van der Waals surface area contributed by atoms with Gasteiger partial charge in [-0.1, -0.05) is 0 Å². The number of amides is 1. The second-order valence-electron chi connectivity index (χ2n) is 5.79. The minimum Gasteiger partial charge on any atom is -0.373 e. The number of hydrogen-bond acceptors (Lipinski definition) is 5. The average molecular weight is 344 g/mol. The summed E-state index contributed by atoms with van der Waals surface area (Å²) in [5.74, 6) is -0.0812. The van der Waals surface area contributed by atoms with Crippen LogP contribution in [-0.4, -0.2) is 39.1 Å². The fourth-order valence-electron chi connectivity index (χ4n) is 3.02. The Morgan fingerprint density at radius 2 is 2.23 bits per heavy atom. The van der Waals surface area contributed by atoms with Crippen molar-refractivity contribution in [2.24, 2.45) is 0 Å². The summed E-state index contributed by atoms with van der Waals surface area (Å²) in [6, 6.07) is 3.33. The Kier molecular flexibility index (Phi) is 4.54. The molecule has 0 unspecified atom stereocenters. The molecule has 2 bridgehead atoms. The van der Waals surface area contributed by atoms with Gasteiger partial charge in [-0.25, -0.2) is 13.1 Å². The molecule has 0 aliphatic carbocycles. The lowest BCUT2D eigenvalue weighted by molar-refractivity contribution is -0.118. The van der Waals surface area contributed by atoms with Crippen LogP contribution in [0.15, 0.2) is 16.3 Å². The van der Waals surface area contributed by atoms with Crippen LogP contribution in [0, 0.1) is 0 Å². The summed E-state index contributed by atoms with van der Waals surface area (Å²) < 4.78 is 33.7. The highest BCUT2D eigenvalue weighted by Gasteiger charge is 2.42. The minimum absolute atomic E-state index is 0.0268. The summed E-state index contributed by atoms with van der Waals surface area (Å²) >= 11 is 1.25. The fraction of sp³-hybridized carbons (Fsp3) is 0.643. The number of rotatable bonds is 6. The van der Waals surface area contributed by atoms with Crippen molar-refractivity contribution in [2.45, 2.75) is 55.1 Å². The smallest absolute Gasteiger partial charge is 0.250 e. The summed E-state index contributed by atoms with van der Waals surface area (Å²) in [5, 5.41) is 2.71. The first-order chi connectivity index (χ1) is 10.4. The third kappa shape index (κ3) is 3.51. The van der Waals surface area contributed by atoms with E-state index in [1.54, 1.807) is 12.1 Å². The molecule has 8 heteroatoms. The SMILES string of the molecule is CC(=O)NCCc1ccc(S(=O)(=O)N[C@@H]2C[C@H]3CC[C@H]2O3)s1. The second-order valence-corrected chi connectivity index (χ2v) is 8.90. The molecule has 1 aromatic rings. The highest BCUT2D eigenvalue weighted by atomic mass is 32.2. The van der Waals surface area contributed by atoms with Crippen LogP contribution in [0.5, 0.6) is 0 Å². The number of thiophene rings is 1. The lowest BCUT2D eigenvalue weighted by Crippen LogP contribution is -2.41. The van der Waals surface area contributed by atoms with Crippen LogP contribution >= 0.6 is 11.3 Å². The molecule has 3 heterocycles. The van der Waals surface area contributed by atoms with E-state index in [4.69, 9.17) is 4.74 Å². The molecule has 2 fully saturated rings. The Balaban J connectivity index is 1.60. The predicted octanol–water partition coefficient (Wildman–Crippen LogP) is 1.02. The maximum atomic E-state index is 12.4. The molecule has 2 aliphatic rings. The zero-order valence-electron chi connectivity index (χ0n) is 12.4. The molecule has 2 N–H and O–H groups in total. The standard InChI is InChI=1S/C14H20N2O4S2/c1-9(17)15-7-6-11-3-5-14(21-11)22(18,19)16-12-8-10-2-4-13(12)20-10/h3,5,10,12-13,16H,2,4,6-8H2,1H3,(H,15,17)/t10-,12-,13-/m1/s1. The van der Waals surface area contributed by atoms with Gasteiger partial charge in [-0.15, -0.1) is 11.3 Å². The van der Waals surface area contributed by atoms with Crippen LogP contribution in [0.4, 0.5) is 0 Å². The molecule has 0 saturated carbocycles. The van der Waals surface area contributed by atoms with Crippen molar-refractivity contribution in [1.29, 1.82) is 0 Å². The molecule has 6 nitrogen and oxygen atoms in total. The molecular formula is C14H20N2O4S2. The molecule has 22 heavy (non-hydrogen) atoms. The topological polar surface area (TPSA) is 84.5 Å². The largest absolute Gasteiger partial charge is 0.373 e. The molecule has 0 spiro atoms. The van der Waals surface area contributed by atoms with E-state index in [0.717, 1.165) is 24.1 Å². The van der Waals surface area contributed by atoms with Gasteiger partial charge in [-0.3, -0.25) is 4.79 Å². The van der Waals surface area contributed by atoms with Gasteiger partial charge in [0.2, 0.25) is 15.9 Å². The molecule has 2 aliphatic heterocycles. The molecule has 2 saturated heterocycles. The monoisotopic (exact) mass is 344 g/mol. The van der Waals surface area contributed by atoms with Crippen LogP contribution in [-0.2, 0) is 26.0 Å². The zero-order valence-corrected chi connectivity index (χ0v) is 14.0. The minimum atomic E-state index is -3.49. The maximum Gasteiger partial charge on any atom is 0.250 e. The predicted molar refractivity (Wildman–Crippen MR) is 83.3 cm³/mol.